The molecular formula is C6H12O4. The Balaban J connectivity index is 0. The summed E-state index contributed by atoms with van der Waals surface area (Å²) in [6.45, 7) is 3.67. The zero-order valence-electron chi connectivity index (χ0n) is 6.16. The molecule has 0 amide bonds. The van der Waals surface area contributed by atoms with Crippen LogP contribution in [0, 0.1) is 0 Å². The fourth-order valence-corrected chi connectivity index (χ4v) is 0.246. The molecule has 0 aliphatic rings. The van der Waals surface area contributed by atoms with Crippen LogP contribution in [0.4, 0.5) is 0 Å². The Morgan fingerprint density at radius 3 is 2.20 bits per heavy atom. The SMILES string of the molecule is CCCOC(C)=O.O=CO. The first-order valence-corrected chi connectivity index (χ1v) is 2.90. The molecule has 0 rings (SSSR count). The van der Waals surface area contributed by atoms with Crippen LogP contribution in [0.15, 0.2) is 0 Å². The van der Waals surface area contributed by atoms with Gasteiger partial charge in [0.05, 0.1) is 6.61 Å². The summed E-state index contributed by atoms with van der Waals surface area (Å²) >= 11 is 0. The number of carbonyl (C=O) groups excluding carboxylic acids is 1. The maximum absolute atomic E-state index is 9.98. The summed E-state index contributed by atoms with van der Waals surface area (Å²) in [7, 11) is 0. The van der Waals surface area contributed by atoms with Gasteiger partial charge in [-0.05, 0) is 6.42 Å². The Hall–Kier alpha value is -1.06. The van der Waals surface area contributed by atoms with Crippen LogP contribution in [-0.2, 0) is 14.3 Å². The molecule has 1 N–H and O–H groups in total. The molecule has 4 heteroatoms. The standard InChI is InChI=1S/C5H10O2.CH2O2/c1-3-4-7-5(2)6;2-1-3/h3-4H2,1-2H3;1H,(H,2,3). The smallest absolute Gasteiger partial charge is 0.302 e. The predicted molar refractivity (Wildman–Crippen MR) is 35.6 cm³/mol. The number of ether oxygens (including phenoxy) is 1. The molecule has 0 radical (unpaired) electrons. The molecule has 0 heterocycles. The molecule has 0 aliphatic heterocycles. The molecule has 0 atom stereocenters. The Morgan fingerprint density at radius 2 is 2.10 bits per heavy atom. The van der Waals surface area contributed by atoms with Gasteiger partial charge in [-0.3, -0.25) is 9.59 Å². The van der Waals surface area contributed by atoms with Crippen LogP contribution in [0.5, 0.6) is 0 Å². The molecule has 0 unspecified atom stereocenters. The number of hydrogen-bond acceptors (Lipinski definition) is 3. The monoisotopic (exact) mass is 148 g/mol. The summed E-state index contributed by atoms with van der Waals surface area (Å²) in [5.41, 5.74) is 0. The molecular weight excluding hydrogens is 136 g/mol. The predicted octanol–water partition coefficient (Wildman–Crippen LogP) is 0.660. The van der Waals surface area contributed by atoms with E-state index in [2.05, 4.69) is 4.74 Å². The second-order valence-electron chi connectivity index (χ2n) is 1.45. The maximum Gasteiger partial charge on any atom is 0.302 e. The zero-order chi connectivity index (χ0) is 8.41. The highest BCUT2D eigenvalue weighted by Crippen LogP contribution is 1.78. The lowest BCUT2D eigenvalue weighted by Crippen LogP contribution is -1.98. The largest absolute Gasteiger partial charge is 0.483 e. The highest BCUT2D eigenvalue weighted by Gasteiger charge is 1.85. The third kappa shape index (κ3) is 28.3. The Kier molecular flexibility index (Phi) is 12.7. The summed E-state index contributed by atoms with van der Waals surface area (Å²) in [4.78, 5) is 18.3. The van der Waals surface area contributed by atoms with Gasteiger partial charge in [-0.15, -0.1) is 0 Å². The first kappa shape index (κ1) is 11.7. The molecule has 0 fully saturated rings. The third-order valence-electron chi connectivity index (χ3n) is 0.509. The quantitative estimate of drug-likeness (QED) is 0.461. The van der Waals surface area contributed by atoms with Gasteiger partial charge in [0.25, 0.3) is 6.47 Å². The summed E-state index contributed by atoms with van der Waals surface area (Å²) in [6, 6.07) is 0. The number of rotatable bonds is 2. The zero-order valence-corrected chi connectivity index (χ0v) is 6.16. The van der Waals surface area contributed by atoms with E-state index >= 15 is 0 Å². The third-order valence-corrected chi connectivity index (χ3v) is 0.509. The van der Waals surface area contributed by atoms with E-state index < -0.39 is 0 Å². The minimum absolute atomic E-state index is 0.193. The van der Waals surface area contributed by atoms with Crippen molar-refractivity contribution in [1.29, 1.82) is 0 Å². The molecule has 0 aromatic heterocycles. The molecule has 0 aliphatic carbocycles. The molecule has 10 heavy (non-hydrogen) atoms. The molecule has 0 bridgehead atoms. The highest BCUT2D eigenvalue weighted by molar-refractivity contribution is 5.65. The van der Waals surface area contributed by atoms with Gasteiger partial charge >= 0.3 is 5.97 Å². The van der Waals surface area contributed by atoms with E-state index in [1.165, 1.54) is 6.92 Å². The van der Waals surface area contributed by atoms with Crippen LogP contribution in [0.25, 0.3) is 0 Å². The van der Waals surface area contributed by atoms with Crippen molar-refractivity contribution in [3.05, 3.63) is 0 Å². The van der Waals surface area contributed by atoms with E-state index in [1.807, 2.05) is 6.92 Å². The summed E-state index contributed by atoms with van der Waals surface area (Å²) in [6.07, 6.45) is 0.902. The Morgan fingerprint density at radius 1 is 1.70 bits per heavy atom. The maximum atomic E-state index is 9.98. The van der Waals surface area contributed by atoms with Gasteiger partial charge < -0.3 is 9.84 Å². The Bertz CT molecular complexity index is 89.7. The fraction of sp³-hybridized carbons (Fsp3) is 0.667. The minimum atomic E-state index is -0.250. The first-order valence-electron chi connectivity index (χ1n) is 2.90. The van der Waals surface area contributed by atoms with Crippen molar-refractivity contribution in [3.63, 3.8) is 0 Å². The van der Waals surface area contributed by atoms with Gasteiger partial charge in [-0.1, -0.05) is 6.92 Å². The van der Waals surface area contributed by atoms with Gasteiger partial charge in [0.1, 0.15) is 0 Å². The molecule has 0 aromatic carbocycles. The number of carboxylic acid groups (broad SMARTS) is 1. The van der Waals surface area contributed by atoms with Crippen LogP contribution in [0.1, 0.15) is 20.3 Å². The van der Waals surface area contributed by atoms with Crippen molar-refractivity contribution in [2.24, 2.45) is 0 Å². The van der Waals surface area contributed by atoms with Crippen molar-refractivity contribution in [1.82, 2.24) is 0 Å². The van der Waals surface area contributed by atoms with Crippen molar-refractivity contribution in [2.75, 3.05) is 6.61 Å². The fourth-order valence-electron chi connectivity index (χ4n) is 0.246. The average molecular weight is 148 g/mol. The summed E-state index contributed by atoms with van der Waals surface area (Å²) < 4.78 is 4.55. The molecule has 0 aromatic rings. The van der Waals surface area contributed by atoms with Crippen molar-refractivity contribution < 1.29 is 19.4 Å². The topological polar surface area (TPSA) is 63.6 Å². The molecule has 0 saturated heterocycles. The normalized spacial score (nSPS) is 7.00. The number of hydrogen-bond donors (Lipinski definition) is 1. The summed E-state index contributed by atoms with van der Waals surface area (Å²) in [5.74, 6) is -0.193. The molecule has 0 spiro atoms. The molecule has 60 valence electrons. The number of esters is 1. The second kappa shape index (κ2) is 10.8. The van der Waals surface area contributed by atoms with Gasteiger partial charge in [-0.25, -0.2) is 0 Å². The van der Waals surface area contributed by atoms with Crippen molar-refractivity contribution >= 4 is 12.4 Å². The van der Waals surface area contributed by atoms with Crippen molar-refractivity contribution in [2.45, 2.75) is 20.3 Å². The van der Waals surface area contributed by atoms with Gasteiger partial charge in [0.2, 0.25) is 0 Å². The van der Waals surface area contributed by atoms with Crippen LogP contribution >= 0.6 is 0 Å². The second-order valence-corrected chi connectivity index (χ2v) is 1.45. The lowest BCUT2D eigenvalue weighted by atomic mass is 10.5. The van der Waals surface area contributed by atoms with E-state index in [0.29, 0.717) is 6.61 Å². The van der Waals surface area contributed by atoms with Crippen LogP contribution in [0.3, 0.4) is 0 Å². The van der Waals surface area contributed by atoms with E-state index in [0.717, 1.165) is 6.42 Å². The highest BCUT2D eigenvalue weighted by atomic mass is 16.5. The van der Waals surface area contributed by atoms with E-state index in [-0.39, 0.29) is 12.4 Å². The van der Waals surface area contributed by atoms with Crippen molar-refractivity contribution in [3.8, 4) is 0 Å². The number of carbonyl (C=O) groups is 2. The lowest BCUT2D eigenvalue weighted by Gasteiger charge is -1.93. The van der Waals surface area contributed by atoms with Crippen LogP contribution < -0.4 is 0 Å². The van der Waals surface area contributed by atoms with Gasteiger partial charge in [0.15, 0.2) is 0 Å². The van der Waals surface area contributed by atoms with E-state index in [4.69, 9.17) is 9.90 Å². The van der Waals surface area contributed by atoms with E-state index in [9.17, 15) is 4.79 Å². The molecule has 0 saturated carbocycles. The van der Waals surface area contributed by atoms with Crippen LogP contribution in [0.2, 0.25) is 0 Å². The van der Waals surface area contributed by atoms with Gasteiger partial charge in [0, 0.05) is 6.92 Å². The van der Waals surface area contributed by atoms with E-state index in [1.54, 1.807) is 0 Å². The Labute approximate surface area is 59.8 Å². The average Bonchev–Trinajstić information content (AvgIpc) is 1.85. The first-order chi connectivity index (χ1) is 4.68. The van der Waals surface area contributed by atoms with Gasteiger partial charge in [-0.2, -0.15) is 0 Å². The minimum Gasteiger partial charge on any atom is -0.483 e. The van der Waals surface area contributed by atoms with Crippen LogP contribution in [-0.4, -0.2) is 24.2 Å². The molecule has 4 nitrogen and oxygen atoms in total. The summed E-state index contributed by atoms with van der Waals surface area (Å²) in [5, 5.41) is 6.89. The lowest BCUT2D eigenvalue weighted by molar-refractivity contribution is -0.140.